The van der Waals surface area contributed by atoms with Crippen LogP contribution in [0.3, 0.4) is 0 Å². The fourth-order valence-corrected chi connectivity index (χ4v) is 4.62. The van der Waals surface area contributed by atoms with E-state index in [-0.39, 0.29) is 16.9 Å². The largest absolute Gasteiger partial charge is 0.509 e. The van der Waals surface area contributed by atoms with Crippen molar-refractivity contribution >= 4 is 0 Å². The van der Waals surface area contributed by atoms with Gasteiger partial charge in [0.15, 0.2) is 5.60 Å². The molecule has 4 aromatic rings. The maximum Gasteiger partial charge on any atom is 0.346 e. The molecule has 1 N–H and O–H groups in total. The van der Waals surface area contributed by atoms with Crippen LogP contribution in [0.15, 0.2) is 89.9 Å². The lowest BCUT2D eigenvalue weighted by molar-refractivity contribution is 0.0974. The summed E-state index contributed by atoms with van der Waals surface area (Å²) in [7, 11) is 0. The number of aromatic nitrogens is 3. The minimum atomic E-state index is -0.852. The lowest BCUT2D eigenvalue weighted by atomic mass is 9.87. The van der Waals surface area contributed by atoms with E-state index in [0.29, 0.717) is 25.3 Å². The summed E-state index contributed by atoms with van der Waals surface area (Å²) in [4.78, 5) is 13.5. The zero-order valence-electron chi connectivity index (χ0n) is 25.3. The lowest BCUT2D eigenvalue weighted by Crippen LogP contribution is -2.30. The van der Waals surface area contributed by atoms with Crippen molar-refractivity contribution in [3.05, 3.63) is 129 Å². The third-order valence-corrected chi connectivity index (χ3v) is 7.47. The zero-order chi connectivity index (χ0) is 29.8. The van der Waals surface area contributed by atoms with Crippen LogP contribution in [0.4, 0.5) is 0 Å². The molecule has 0 radical (unpaired) electrons. The van der Waals surface area contributed by atoms with Crippen molar-refractivity contribution in [2.24, 2.45) is 0 Å². The first-order valence-electron chi connectivity index (χ1n) is 14.3. The molecule has 0 aliphatic carbocycles. The van der Waals surface area contributed by atoms with E-state index < -0.39 is 5.60 Å². The molecule has 216 valence electrons. The van der Waals surface area contributed by atoms with Crippen molar-refractivity contribution in [1.82, 2.24) is 14.3 Å². The summed E-state index contributed by atoms with van der Waals surface area (Å²) in [5.74, 6) is 1.46. The average Bonchev–Trinajstić information content (AvgIpc) is 3.19. The van der Waals surface area contributed by atoms with Gasteiger partial charge >= 0.3 is 5.69 Å². The maximum atomic E-state index is 13.5. The van der Waals surface area contributed by atoms with Crippen LogP contribution in [0.25, 0.3) is 0 Å². The molecule has 0 aliphatic rings. The quantitative estimate of drug-likeness (QED) is 0.200. The molecule has 0 saturated carbocycles. The van der Waals surface area contributed by atoms with Gasteiger partial charge in [-0.1, -0.05) is 93.6 Å². The minimum absolute atomic E-state index is 0.0143. The van der Waals surface area contributed by atoms with Gasteiger partial charge in [-0.3, -0.25) is 4.57 Å². The van der Waals surface area contributed by atoms with Crippen LogP contribution in [0.2, 0.25) is 0 Å². The summed E-state index contributed by atoms with van der Waals surface area (Å²) in [6.07, 6.45) is 2.38. The van der Waals surface area contributed by atoms with Gasteiger partial charge in [-0.25, -0.2) is 9.48 Å². The first-order chi connectivity index (χ1) is 19.3. The SMILES string of the molecule is C=C(O)C(C)(C)Oc1ccc(CCCc2nn(Cc3ccc(C)cc3)c(=O)n2Cc2ccc(C(C)(C)C)cc2)cc1. The van der Waals surface area contributed by atoms with Gasteiger partial charge in [-0.2, -0.15) is 5.10 Å². The van der Waals surface area contributed by atoms with Crippen molar-refractivity contribution in [2.45, 2.75) is 84.9 Å². The molecule has 0 spiro atoms. The Morgan fingerprint density at radius 2 is 1.39 bits per heavy atom. The van der Waals surface area contributed by atoms with Gasteiger partial charge in [0.25, 0.3) is 0 Å². The molecule has 0 fully saturated rings. The normalized spacial score (nSPS) is 12.0. The Morgan fingerprint density at radius 3 is 1.98 bits per heavy atom. The van der Waals surface area contributed by atoms with Crippen LogP contribution in [0, 0.1) is 6.92 Å². The summed E-state index contributed by atoms with van der Waals surface area (Å²) >= 11 is 0. The number of nitrogens with zero attached hydrogens (tertiary/aromatic N) is 3. The first kappa shape index (κ1) is 29.9. The van der Waals surface area contributed by atoms with Gasteiger partial charge < -0.3 is 9.84 Å². The van der Waals surface area contributed by atoms with Crippen LogP contribution >= 0.6 is 0 Å². The summed E-state index contributed by atoms with van der Waals surface area (Å²) < 4.78 is 9.27. The number of aliphatic hydroxyl groups is 1. The van der Waals surface area contributed by atoms with Crippen LogP contribution in [0.1, 0.15) is 74.7 Å². The highest BCUT2D eigenvalue weighted by Crippen LogP contribution is 2.24. The third-order valence-electron chi connectivity index (χ3n) is 7.47. The van der Waals surface area contributed by atoms with Crippen LogP contribution in [-0.4, -0.2) is 25.1 Å². The van der Waals surface area contributed by atoms with Crippen LogP contribution < -0.4 is 10.4 Å². The number of benzene rings is 3. The van der Waals surface area contributed by atoms with Crippen molar-refractivity contribution in [3.63, 3.8) is 0 Å². The number of ether oxygens (including phenoxy) is 1. The van der Waals surface area contributed by atoms with Crippen molar-refractivity contribution in [3.8, 4) is 5.75 Å². The molecule has 1 aromatic heterocycles. The molecule has 0 bridgehead atoms. The molecule has 0 aliphatic heterocycles. The fourth-order valence-electron chi connectivity index (χ4n) is 4.62. The van der Waals surface area contributed by atoms with Gasteiger partial charge in [0.1, 0.15) is 17.3 Å². The average molecular weight is 554 g/mol. The Bertz CT molecular complexity index is 1520. The molecule has 6 heteroatoms. The van der Waals surface area contributed by atoms with Crippen molar-refractivity contribution in [1.29, 1.82) is 0 Å². The van der Waals surface area contributed by atoms with E-state index in [2.05, 4.69) is 82.8 Å². The molecule has 6 nitrogen and oxygen atoms in total. The number of hydrogen-bond donors (Lipinski definition) is 1. The molecule has 0 amide bonds. The second-order valence-electron chi connectivity index (χ2n) is 12.4. The Labute approximate surface area is 243 Å². The second kappa shape index (κ2) is 12.2. The summed E-state index contributed by atoms with van der Waals surface area (Å²) in [6, 6.07) is 24.7. The van der Waals surface area contributed by atoms with E-state index in [1.54, 1.807) is 18.5 Å². The zero-order valence-corrected chi connectivity index (χ0v) is 25.3. The van der Waals surface area contributed by atoms with Crippen molar-refractivity contribution < 1.29 is 9.84 Å². The van der Waals surface area contributed by atoms with Gasteiger partial charge in [-0.15, -0.1) is 0 Å². The van der Waals surface area contributed by atoms with E-state index in [4.69, 9.17) is 9.84 Å². The fraction of sp³-hybridized carbons (Fsp3) is 0.371. The smallest absolute Gasteiger partial charge is 0.346 e. The van der Waals surface area contributed by atoms with Gasteiger partial charge in [-0.05, 0) is 73.4 Å². The molecule has 0 saturated heterocycles. The third kappa shape index (κ3) is 7.78. The molecule has 0 atom stereocenters. The predicted octanol–water partition coefficient (Wildman–Crippen LogP) is 7.15. The minimum Gasteiger partial charge on any atom is -0.509 e. The maximum absolute atomic E-state index is 13.5. The molecule has 4 rings (SSSR count). The molecule has 3 aromatic carbocycles. The molecule has 1 heterocycles. The number of aliphatic hydroxyl groups excluding tert-OH is 1. The second-order valence-corrected chi connectivity index (χ2v) is 12.4. The Kier molecular flexibility index (Phi) is 8.91. The Hall–Kier alpha value is -4.06. The highest BCUT2D eigenvalue weighted by molar-refractivity contribution is 5.29. The van der Waals surface area contributed by atoms with E-state index in [0.717, 1.165) is 29.8 Å². The highest BCUT2D eigenvalue weighted by atomic mass is 16.5. The number of aryl methyl sites for hydroxylation is 3. The van der Waals surface area contributed by atoms with Crippen LogP contribution in [0.5, 0.6) is 5.75 Å². The standard InChI is InChI=1S/C35H43N3O3/c1-25-11-13-29(14-12-25)24-38-33(40)37(23-28-15-19-30(20-16-28)34(3,4)5)32(36-38)10-8-9-27-17-21-31(22-18-27)41-35(6,7)26(2)39/h11-22,39H,2,8-10,23-24H2,1,3-7H3. The predicted molar refractivity (Wildman–Crippen MR) is 166 cm³/mol. The monoisotopic (exact) mass is 553 g/mol. The summed E-state index contributed by atoms with van der Waals surface area (Å²) in [6.45, 7) is 16.7. The molecular formula is C35H43N3O3. The molecule has 0 unspecified atom stereocenters. The highest BCUT2D eigenvalue weighted by Gasteiger charge is 2.23. The topological polar surface area (TPSA) is 69.3 Å². The van der Waals surface area contributed by atoms with Crippen LogP contribution in [-0.2, 0) is 31.3 Å². The van der Waals surface area contributed by atoms with Gasteiger partial charge in [0.2, 0.25) is 0 Å². The molecular weight excluding hydrogens is 510 g/mol. The Balaban J connectivity index is 1.50. The first-order valence-corrected chi connectivity index (χ1v) is 14.3. The van der Waals surface area contributed by atoms with E-state index in [1.807, 2.05) is 28.8 Å². The number of rotatable bonds is 11. The van der Waals surface area contributed by atoms with Crippen molar-refractivity contribution in [2.75, 3.05) is 0 Å². The molecule has 41 heavy (non-hydrogen) atoms. The Morgan fingerprint density at radius 1 is 0.829 bits per heavy atom. The lowest BCUT2D eigenvalue weighted by Gasteiger charge is -2.25. The summed E-state index contributed by atoms with van der Waals surface area (Å²) in [5.41, 5.74) is 4.90. The van der Waals surface area contributed by atoms with Gasteiger partial charge in [0.05, 0.1) is 13.1 Å². The summed E-state index contributed by atoms with van der Waals surface area (Å²) in [5, 5.41) is 14.5. The van der Waals surface area contributed by atoms with E-state index >= 15 is 0 Å². The van der Waals surface area contributed by atoms with E-state index in [1.165, 1.54) is 16.7 Å². The van der Waals surface area contributed by atoms with Gasteiger partial charge in [0, 0.05) is 6.42 Å². The van der Waals surface area contributed by atoms with E-state index in [9.17, 15) is 9.90 Å². The number of hydrogen-bond acceptors (Lipinski definition) is 4.